The van der Waals surface area contributed by atoms with Gasteiger partial charge in [-0.1, -0.05) is 34.5 Å². The summed E-state index contributed by atoms with van der Waals surface area (Å²) in [5.41, 5.74) is 0.487. The van der Waals surface area contributed by atoms with E-state index in [-0.39, 0.29) is 17.9 Å². The highest BCUT2D eigenvalue weighted by Gasteiger charge is 2.23. The Kier molecular flexibility index (Phi) is 7.52. The van der Waals surface area contributed by atoms with Gasteiger partial charge in [0.1, 0.15) is 0 Å². The lowest BCUT2D eigenvalue weighted by Gasteiger charge is -2.31. The first-order valence-electron chi connectivity index (χ1n) is 8.24. The maximum atomic E-state index is 12.3. The number of amides is 2. The number of carbonyl (C=O) groups is 2. The van der Waals surface area contributed by atoms with Crippen LogP contribution in [0.4, 0.5) is 0 Å². The number of piperidine rings is 1. The van der Waals surface area contributed by atoms with E-state index < -0.39 is 0 Å². The molecule has 1 heterocycles. The zero-order valence-electron chi connectivity index (χ0n) is 13.8. The van der Waals surface area contributed by atoms with E-state index in [4.69, 9.17) is 11.6 Å². The lowest BCUT2D eigenvalue weighted by Crippen LogP contribution is -2.47. The van der Waals surface area contributed by atoms with Gasteiger partial charge in [0, 0.05) is 30.1 Å². The smallest absolute Gasteiger partial charge is 0.253 e. The molecular formula is C17H23BrClN3O2. The lowest BCUT2D eigenvalue weighted by molar-refractivity contribution is -0.122. The summed E-state index contributed by atoms with van der Waals surface area (Å²) in [7, 11) is 0. The molecular weight excluding hydrogens is 394 g/mol. The molecule has 2 N–H and O–H groups in total. The van der Waals surface area contributed by atoms with Gasteiger partial charge < -0.3 is 10.6 Å². The van der Waals surface area contributed by atoms with E-state index >= 15 is 0 Å². The highest BCUT2D eigenvalue weighted by molar-refractivity contribution is 9.10. The van der Waals surface area contributed by atoms with E-state index in [1.165, 1.54) is 0 Å². The second kappa shape index (κ2) is 9.39. The van der Waals surface area contributed by atoms with Crippen molar-refractivity contribution < 1.29 is 9.59 Å². The molecule has 1 aliphatic heterocycles. The van der Waals surface area contributed by atoms with Gasteiger partial charge in [-0.15, -0.1) is 0 Å². The molecule has 132 valence electrons. The Labute approximate surface area is 156 Å². The van der Waals surface area contributed by atoms with E-state index in [1.807, 2.05) is 6.92 Å². The van der Waals surface area contributed by atoms with Crippen molar-refractivity contribution in [1.29, 1.82) is 0 Å². The fourth-order valence-electron chi connectivity index (χ4n) is 2.70. The number of likely N-dealkylation sites (tertiary alicyclic amines) is 1. The Morgan fingerprint density at radius 3 is 2.67 bits per heavy atom. The molecule has 0 unspecified atom stereocenters. The minimum atomic E-state index is -0.147. The highest BCUT2D eigenvalue weighted by Crippen LogP contribution is 2.22. The Morgan fingerprint density at radius 1 is 1.33 bits per heavy atom. The van der Waals surface area contributed by atoms with Crippen LogP contribution in [0.1, 0.15) is 36.5 Å². The van der Waals surface area contributed by atoms with E-state index in [2.05, 4.69) is 31.5 Å². The average molecular weight is 417 g/mol. The Morgan fingerprint density at radius 2 is 2.04 bits per heavy atom. The van der Waals surface area contributed by atoms with Crippen LogP contribution in [0.25, 0.3) is 0 Å². The largest absolute Gasteiger partial charge is 0.355 e. The van der Waals surface area contributed by atoms with Crippen LogP contribution in [0.5, 0.6) is 0 Å². The second-order valence-corrected chi connectivity index (χ2v) is 7.32. The van der Waals surface area contributed by atoms with Gasteiger partial charge in [-0.05, 0) is 37.5 Å². The third-order valence-corrected chi connectivity index (χ3v) is 4.84. The van der Waals surface area contributed by atoms with Gasteiger partial charge in [0.15, 0.2) is 0 Å². The summed E-state index contributed by atoms with van der Waals surface area (Å²) >= 11 is 9.45. The molecule has 24 heavy (non-hydrogen) atoms. The van der Waals surface area contributed by atoms with Crippen molar-refractivity contribution in [2.75, 3.05) is 26.2 Å². The van der Waals surface area contributed by atoms with Gasteiger partial charge in [0.05, 0.1) is 17.1 Å². The number of rotatable bonds is 6. The summed E-state index contributed by atoms with van der Waals surface area (Å²) in [5.74, 6) is -0.0763. The monoisotopic (exact) mass is 415 g/mol. The molecule has 2 amide bonds. The number of nitrogens with zero attached hydrogens (tertiary/aromatic N) is 1. The van der Waals surface area contributed by atoms with Gasteiger partial charge in [-0.25, -0.2) is 0 Å². The first-order valence-corrected chi connectivity index (χ1v) is 9.41. The normalized spacial score (nSPS) is 16.0. The Bertz CT molecular complexity index is 589. The highest BCUT2D eigenvalue weighted by atomic mass is 79.9. The van der Waals surface area contributed by atoms with Crippen molar-refractivity contribution in [2.24, 2.45) is 0 Å². The Hall–Kier alpha value is -1.11. The Balaban J connectivity index is 1.78. The standard InChI is InChI=1S/C17H23BrClN3O2/c1-2-7-20-16(23)11-22-8-5-13(6-9-22)21-17(24)14-4-3-12(18)10-15(14)19/h3-4,10,13H,2,5-9,11H2,1H3,(H,20,23)(H,21,24). The van der Waals surface area contributed by atoms with E-state index in [1.54, 1.807) is 18.2 Å². The first kappa shape index (κ1) is 19.2. The third kappa shape index (κ3) is 5.76. The van der Waals surface area contributed by atoms with Crippen LogP contribution in [0.2, 0.25) is 5.02 Å². The molecule has 1 aromatic carbocycles. The molecule has 1 aromatic rings. The van der Waals surface area contributed by atoms with Crippen LogP contribution in [-0.4, -0.2) is 48.9 Å². The molecule has 0 aromatic heterocycles. The number of benzene rings is 1. The minimum Gasteiger partial charge on any atom is -0.355 e. The van der Waals surface area contributed by atoms with Crippen LogP contribution < -0.4 is 10.6 Å². The first-order chi connectivity index (χ1) is 11.5. The number of hydrogen-bond acceptors (Lipinski definition) is 3. The summed E-state index contributed by atoms with van der Waals surface area (Å²) in [4.78, 5) is 26.2. The lowest BCUT2D eigenvalue weighted by atomic mass is 10.0. The average Bonchev–Trinajstić information content (AvgIpc) is 2.54. The number of carbonyl (C=O) groups excluding carboxylic acids is 2. The van der Waals surface area contributed by atoms with E-state index in [9.17, 15) is 9.59 Å². The molecule has 0 aliphatic carbocycles. The molecule has 1 saturated heterocycles. The molecule has 0 radical (unpaired) electrons. The van der Waals surface area contributed by atoms with Crippen molar-refractivity contribution >= 4 is 39.3 Å². The number of hydrogen-bond donors (Lipinski definition) is 2. The molecule has 0 atom stereocenters. The molecule has 7 heteroatoms. The van der Waals surface area contributed by atoms with Crippen molar-refractivity contribution in [3.05, 3.63) is 33.3 Å². The predicted molar refractivity (Wildman–Crippen MR) is 99.4 cm³/mol. The van der Waals surface area contributed by atoms with Crippen LogP contribution in [0.15, 0.2) is 22.7 Å². The number of halogens is 2. The van der Waals surface area contributed by atoms with Crippen LogP contribution in [0.3, 0.4) is 0 Å². The van der Waals surface area contributed by atoms with E-state index in [0.717, 1.165) is 43.4 Å². The molecule has 2 rings (SSSR count). The topological polar surface area (TPSA) is 61.4 Å². The zero-order valence-corrected chi connectivity index (χ0v) is 16.1. The summed E-state index contributed by atoms with van der Waals surface area (Å²) in [6.45, 7) is 4.79. The second-order valence-electron chi connectivity index (χ2n) is 6.00. The maximum Gasteiger partial charge on any atom is 0.253 e. The molecule has 1 fully saturated rings. The molecule has 0 spiro atoms. The van der Waals surface area contributed by atoms with Gasteiger partial charge >= 0.3 is 0 Å². The SMILES string of the molecule is CCCNC(=O)CN1CCC(NC(=O)c2ccc(Br)cc2Cl)CC1. The molecule has 0 bridgehead atoms. The van der Waals surface area contributed by atoms with Crippen LogP contribution in [0, 0.1) is 0 Å². The van der Waals surface area contributed by atoms with Crippen LogP contribution >= 0.6 is 27.5 Å². The van der Waals surface area contributed by atoms with Crippen molar-refractivity contribution in [3.63, 3.8) is 0 Å². The number of nitrogens with one attached hydrogen (secondary N) is 2. The molecule has 0 saturated carbocycles. The van der Waals surface area contributed by atoms with Crippen LogP contribution in [-0.2, 0) is 4.79 Å². The van der Waals surface area contributed by atoms with E-state index in [0.29, 0.717) is 17.1 Å². The van der Waals surface area contributed by atoms with Gasteiger partial charge in [-0.2, -0.15) is 0 Å². The third-order valence-electron chi connectivity index (χ3n) is 4.04. The van der Waals surface area contributed by atoms with Crippen molar-refractivity contribution in [2.45, 2.75) is 32.2 Å². The fourth-order valence-corrected chi connectivity index (χ4v) is 3.45. The summed E-state index contributed by atoms with van der Waals surface area (Å²) < 4.78 is 0.846. The molecule has 5 nitrogen and oxygen atoms in total. The van der Waals surface area contributed by atoms with Gasteiger partial charge in [-0.3, -0.25) is 14.5 Å². The predicted octanol–water partition coefficient (Wildman–Crippen LogP) is 2.82. The van der Waals surface area contributed by atoms with Crippen molar-refractivity contribution in [1.82, 2.24) is 15.5 Å². The fraction of sp³-hybridized carbons (Fsp3) is 0.529. The summed E-state index contributed by atoms with van der Waals surface area (Å²) in [6.07, 6.45) is 2.61. The zero-order chi connectivity index (χ0) is 17.5. The summed E-state index contributed by atoms with van der Waals surface area (Å²) in [5, 5.41) is 6.36. The molecule has 1 aliphatic rings. The maximum absolute atomic E-state index is 12.3. The van der Waals surface area contributed by atoms with Gasteiger partial charge in [0.2, 0.25) is 5.91 Å². The summed E-state index contributed by atoms with van der Waals surface area (Å²) in [6, 6.07) is 5.36. The minimum absolute atomic E-state index is 0.0704. The van der Waals surface area contributed by atoms with Gasteiger partial charge in [0.25, 0.3) is 5.91 Å². The van der Waals surface area contributed by atoms with Crippen molar-refractivity contribution in [3.8, 4) is 0 Å². The quantitative estimate of drug-likeness (QED) is 0.749.